The van der Waals surface area contributed by atoms with Crippen LogP contribution in [0.5, 0.6) is 0 Å². The van der Waals surface area contributed by atoms with Crippen LogP contribution in [-0.4, -0.2) is 38.0 Å². The largest absolute Gasteiger partial charge is 0.299 e. The highest BCUT2D eigenvalue weighted by Gasteiger charge is 2.24. The first-order chi connectivity index (χ1) is 14.5. The van der Waals surface area contributed by atoms with Crippen molar-refractivity contribution in [3.63, 3.8) is 0 Å². The molecule has 7 nitrogen and oxygen atoms in total. The second-order valence-corrected chi connectivity index (χ2v) is 7.71. The van der Waals surface area contributed by atoms with Gasteiger partial charge in [-0.2, -0.15) is 5.10 Å². The fourth-order valence-electron chi connectivity index (χ4n) is 3.67. The number of aromatic nitrogens is 4. The van der Waals surface area contributed by atoms with Gasteiger partial charge in [-0.3, -0.25) is 24.5 Å². The van der Waals surface area contributed by atoms with Crippen LogP contribution >= 0.6 is 0 Å². The van der Waals surface area contributed by atoms with Gasteiger partial charge >= 0.3 is 0 Å². The van der Waals surface area contributed by atoms with E-state index in [0.717, 1.165) is 41.3 Å². The quantitative estimate of drug-likeness (QED) is 0.631. The molecule has 3 aromatic rings. The average molecular weight is 403 g/mol. The molecular formula is C23H25N5O2. The van der Waals surface area contributed by atoms with Crippen LogP contribution in [0.25, 0.3) is 11.1 Å². The molecule has 0 spiro atoms. The van der Waals surface area contributed by atoms with Gasteiger partial charge in [-0.15, -0.1) is 0 Å². The van der Waals surface area contributed by atoms with Crippen LogP contribution in [0, 0.1) is 13.8 Å². The predicted octanol–water partition coefficient (Wildman–Crippen LogP) is 3.29. The lowest BCUT2D eigenvalue weighted by Gasteiger charge is -2.27. The van der Waals surface area contributed by atoms with Crippen molar-refractivity contribution in [2.45, 2.75) is 46.1 Å². The number of hydrogen-bond donors (Lipinski definition) is 0. The average Bonchev–Trinajstić information content (AvgIpc) is 3.13. The van der Waals surface area contributed by atoms with Gasteiger partial charge in [0.05, 0.1) is 5.69 Å². The van der Waals surface area contributed by atoms with Crippen LogP contribution in [0.4, 0.5) is 5.82 Å². The fraction of sp³-hybridized carbons (Fsp3) is 0.348. The Balaban J connectivity index is 1.32. The molecule has 1 aliphatic rings. The number of amides is 1. The summed E-state index contributed by atoms with van der Waals surface area (Å²) >= 11 is 0. The molecule has 0 atom stereocenters. The Labute approximate surface area is 175 Å². The van der Waals surface area contributed by atoms with E-state index in [1.165, 1.54) is 0 Å². The van der Waals surface area contributed by atoms with E-state index in [9.17, 15) is 9.59 Å². The van der Waals surface area contributed by atoms with E-state index in [0.29, 0.717) is 12.2 Å². The topological polar surface area (TPSA) is 81.0 Å². The zero-order chi connectivity index (χ0) is 21.1. The van der Waals surface area contributed by atoms with Gasteiger partial charge in [0.2, 0.25) is 5.91 Å². The van der Waals surface area contributed by atoms with Gasteiger partial charge in [-0.1, -0.05) is 12.1 Å². The Morgan fingerprint density at radius 3 is 2.40 bits per heavy atom. The summed E-state index contributed by atoms with van der Waals surface area (Å²) < 4.78 is 1.87. The number of nitrogens with zero attached hydrogens (tertiary/aromatic N) is 5. The van der Waals surface area contributed by atoms with Crippen molar-refractivity contribution in [2.24, 2.45) is 0 Å². The summed E-state index contributed by atoms with van der Waals surface area (Å²) in [5, 5.41) is 4.41. The molecule has 4 rings (SSSR count). The zero-order valence-corrected chi connectivity index (χ0v) is 17.3. The lowest BCUT2D eigenvalue weighted by Crippen LogP contribution is -2.37. The monoisotopic (exact) mass is 403 g/mol. The number of carbonyl (C=O) groups excluding carboxylic acids is 2. The van der Waals surface area contributed by atoms with Gasteiger partial charge in [0.15, 0.2) is 0 Å². The molecule has 1 amide bonds. The van der Waals surface area contributed by atoms with E-state index >= 15 is 0 Å². The van der Waals surface area contributed by atoms with Crippen molar-refractivity contribution in [3.05, 3.63) is 59.8 Å². The van der Waals surface area contributed by atoms with Crippen molar-refractivity contribution in [2.75, 3.05) is 11.4 Å². The van der Waals surface area contributed by atoms with Crippen molar-refractivity contribution in [3.8, 4) is 11.1 Å². The van der Waals surface area contributed by atoms with E-state index in [1.54, 1.807) is 11.1 Å². The number of ketones is 1. The minimum atomic E-state index is -0.0284. The number of Topliss-reactive ketones (excluding diaryl/α,β-unsaturated/α-hetero) is 1. The lowest BCUT2D eigenvalue weighted by molar-refractivity contribution is -0.123. The van der Waals surface area contributed by atoms with Crippen LogP contribution in [-0.2, 0) is 22.6 Å². The summed E-state index contributed by atoms with van der Waals surface area (Å²) in [6.45, 7) is 5.37. The summed E-state index contributed by atoms with van der Waals surface area (Å²) in [6.07, 6.45) is 5.11. The van der Waals surface area contributed by atoms with E-state index < -0.39 is 0 Å². The summed E-state index contributed by atoms with van der Waals surface area (Å²) in [7, 11) is 0. The van der Waals surface area contributed by atoms with Gasteiger partial charge < -0.3 is 0 Å². The van der Waals surface area contributed by atoms with Gasteiger partial charge in [-0.05, 0) is 32.4 Å². The lowest BCUT2D eigenvalue weighted by atomic mass is 10.1. The minimum absolute atomic E-state index is 0.0160. The van der Waals surface area contributed by atoms with Crippen molar-refractivity contribution in [1.29, 1.82) is 0 Å². The molecule has 0 radical (unpaired) electrons. The van der Waals surface area contributed by atoms with E-state index in [-0.39, 0.29) is 31.0 Å². The maximum atomic E-state index is 12.7. The summed E-state index contributed by atoms with van der Waals surface area (Å²) in [5.41, 5.74) is 4.53. The molecule has 0 saturated carbocycles. The number of fused-ring (bicyclic) bond motifs is 1. The first-order valence-corrected chi connectivity index (χ1v) is 10.2. The van der Waals surface area contributed by atoms with Crippen LogP contribution < -0.4 is 4.90 Å². The van der Waals surface area contributed by atoms with Gasteiger partial charge in [0.25, 0.3) is 0 Å². The van der Waals surface area contributed by atoms with Crippen LogP contribution in [0.2, 0.25) is 0 Å². The first kappa shape index (κ1) is 19.9. The smallest absolute Gasteiger partial charge is 0.228 e. The number of aryl methyl sites for hydroxylation is 3. The van der Waals surface area contributed by atoms with Gasteiger partial charge in [0.1, 0.15) is 11.6 Å². The third-order valence-corrected chi connectivity index (χ3v) is 5.28. The second kappa shape index (κ2) is 8.57. The number of pyridine rings is 2. The maximum absolute atomic E-state index is 12.7. The molecule has 0 aromatic carbocycles. The second-order valence-electron chi connectivity index (χ2n) is 7.71. The normalized spacial score (nSPS) is 13.2. The Hall–Kier alpha value is -3.35. The summed E-state index contributed by atoms with van der Waals surface area (Å²) in [4.78, 5) is 35.5. The fourth-order valence-corrected chi connectivity index (χ4v) is 3.67. The third-order valence-electron chi connectivity index (χ3n) is 5.28. The van der Waals surface area contributed by atoms with Crippen LogP contribution in [0.15, 0.2) is 42.7 Å². The minimum Gasteiger partial charge on any atom is -0.299 e. The Kier molecular flexibility index (Phi) is 5.70. The van der Waals surface area contributed by atoms with Crippen molar-refractivity contribution < 1.29 is 9.59 Å². The first-order valence-electron chi connectivity index (χ1n) is 10.2. The number of hydrogen-bond acceptors (Lipinski definition) is 5. The SMILES string of the molecule is Cc1ccc(-c2ccc(CC(=O)CCC(=O)N3CCCn4nc(C)cc43)nc2)cn1. The summed E-state index contributed by atoms with van der Waals surface area (Å²) in [6, 6.07) is 9.70. The maximum Gasteiger partial charge on any atom is 0.228 e. The molecule has 0 unspecified atom stereocenters. The molecule has 30 heavy (non-hydrogen) atoms. The van der Waals surface area contributed by atoms with Crippen molar-refractivity contribution >= 4 is 17.5 Å². The number of anilines is 1. The summed E-state index contributed by atoms with van der Waals surface area (Å²) in [5.74, 6) is 0.820. The standard InChI is InChI=1S/C23H25N5O2/c1-16-4-5-18(14-24-16)19-6-7-20(25-15-19)13-21(29)8-9-23(30)27-10-3-11-28-22(27)12-17(2)26-28/h4-7,12,14-15H,3,8-11,13H2,1-2H3. The Morgan fingerprint density at radius 1 is 0.933 bits per heavy atom. The van der Waals surface area contributed by atoms with Gasteiger partial charge in [0, 0.05) is 73.3 Å². The molecule has 0 bridgehead atoms. The molecule has 7 heteroatoms. The zero-order valence-electron chi connectivity index (χ0n) is 17.3. The Bertz CT molecular complexity index is 1050. The number of rotatable bonds is 6. The molecule has 0 N–H and O–H groups in total. The highest BCUT2D eigenvalue weighted by molar-refractivity contribution is 5.95. The predicted molar refractivity (Wildman–Crippen MR) is 114 cm³/mol. The van der Waals surface area contributed by atoms with E-state index in [4.69, 9.17) is 0 Å². The van der Waals surface area contributed by atoms with Crippen LogP contribution in [0.1, 0.15) is 36.3 Å². The molecule has 154 valence electrons. The molecule has 4 heterocycles. The molecule has 0 saturated heterocycles. The molecule has 3 aromatic heterocycles. The third kappa shape index (κ3) is 4.45. The highest BCUT2D eigenvalue weighted by atomic mass is 16.2. The number of carbonyl (C=O) groups is 2. The van der Waals surface area contributed by atoms with E-state index in [2.05, 4.69) is 15.1 Å². The highest BCUT2D eigenvalue weighted by Crippen LogP contribution is 2.23. The molecule has 0 fully saturated rings. The van der Waals surface area contributed by atoms with E-state index in [1.807, 2.05) is 55.1 Å². The van der Waals surface area contributed by atoms with Crippen LogP contribution in [0.3, 0.4) is 0 Å². The Morgan fingerprint density at radius 2 is 1.70 bits per heavy atom. The molecular weight excluding hydrogens is 378 g/mol. The molecule has 0 aliphatic carbocycles. The van der Waals surface area contributed by atoms with Crippen molar-refractivity contribution in [1.82, 2.24) is 19.7 Å². The molecule has 1 aliphatic heterocycles. The van der Waals surface area contributed by atoms with Gasteiger partial charge in [-0.25, -0.2) is 4.68 Å².